The van der Waals surface area contributed by atoms with Crippen LogP contribution in [0.4, 0.5) is 0 Å². The first-order valence-corrected chi connectivity index (χ1v) is 8.45. The molecule has 0 aliphatic carbocycles. The van der Waals surface area contributed by atoms with Gasteiger partial charge in [0.25, 0.3) is 0 Å². The highest BCUT2D eigenvalue weighted by atomic mass is 32.1. The highest BCUT2D eigenvalue weighted by molar-refractivity contribution is 7.14. The molecule has 0 saturated carbocycles. The molecule has 0 atom stereocenters. The SMILES string of the molecule is COc1cc(C)sc1C(=O)Oc1ccc(OCc2ccncc2)cc1. The van der Waals surface area contributed by atoms with Crippen molar-refractivity contribution in [3.05, 3.63) is 70.2 Å². The van der Waals surface area contributed by atoms with Gasteiger partial charge in [0.2, 0.25) is 0 Å². The standard InChI is InChI=1S/C19H17NO4S/c1-13-11-17(22-2)18(25-13)19(21)24-16-5-3-15(4-6-16)23-12-14-7-9-20-10-8-14/h3-11H,12H2,1-2H3. The van der Waals surface area contributed by atoms with Crippen molar-refractivity contribution >= 4 is 17.3 Å². The fourth-order valence-corrected chi connectivity index (χ4v) is 3.04. The minimum absolute atomic E-state index is 0.430. The minimum atomic E-state index is -0.430. The Morgan fingerprint density at radius 2 is 1.76 bits per heavy atom. The van der Waals surface area contributed by atoms with E-state index in [2.05, 4.69) is 4.98 Å². The van der Waals surface area contributed by atoms with Gasteiger partial charge in [-0.05, 0) is 55.0 Å². The van der Waals surface area contributed by atoms with Crippen LogP contribution in [0.2, 0.25) is 0 Å². The molecular formula is C19H17NO4S. The molecule has 0 radical (unpaired) electrons. The molecule has 0 aliphatic heterocycles. The molecule has 25 heavy (non-hydrogen) atoms. The maximum Gasteiger partial charge on any atom is 0.357 e. The number of hydrogen-bond acceptors (Lipinski definition) is 6. The van der Waals surface area contributed by atoms with Gasteiger partial charge in [-0.15, -0.1) is 11.3 Å². The molecule has 0 fully saturated rings. The van der Waals surface area contributed by atoms with Gasteiger partial charge in [-0.1, -0.05) is 0 Å². The zero-order valence-electron chi connectivity index (χ0n) is 13.9. The van der Waals surface area contributed by atoms with Gasteiger partial charge in [0.05, 0.1) is 7.11 Å². The number of hydrogen-bond donors (Lipinski definition) is 0. The van der Waals surface area contributed by atoms with Crippen LogP contribution in [-0.4, -0.2) is 18.1 Å². The molecule has 2 heterocycles. The molecule has 0 spiro atoms. The van der Waals surface area contributed by atoms with E-state index in [1.165, 1.54) is 18.4 Å². The fraction of sp³-hybridized carbons (Fsp3) is 0.158. The monoisotopic (exact) mass is 355 g/mol. The molecule has 3 aromatic rings. The molecular weight excluding hydrogens is 338 g/mol. The number of benzene rings is 1. The van der Waals surface area contributed by atoms with Gasteiger partial charge in [-0.3, -0.25) is 4.98 Å². The van der Waals surface area contributed by atoms with Crippen LogP contribution in [0.5, 0.6) is 17.2 Å². The molecule has 0 saturated heterocycles. The number of rotatable bonds is 6. The van der Waals surface area contributed by atoms with Crippen molar-refractivity contribution in [2.75, 3.05) is 7.11 Å². The topological polar surface area (TPSA) is 57.7 Å². The van der Waals surface area contributed by atoms with Crippen LogP contribution in [0.25, 0.3) is 0 Å². The number of pyridine rings is 1. The summed E-state index contributed by atoms with van der Waals surface area (Å²) < 4.78 is 16.3. The van der Waals surface area contributed by atoms with Crippen molar-refractivity contribution in [3.63, 3.8) is 0 Å². The Hall–Kier alpha value is -2.86. The molecule has 2 aromatic heterocycles. The molecule has 6 heteroatoms. The largest absolute Gasteiger partial charge is 0.495 e. The second-order valence-corrected chi connectivity index (χ2v) is 6.52. The Morgan fingerprint density at radius 1 is 1.08 bits per heavy atom. The van der Waals surface area contributed by atoms with Crippen LogP contribution in [0.3, 0.4) is 0 Å². The molecule has 0 amide bonds. The zero-order chi connectivity index (χ0) is 17.6. The first-order chi connectivity index (χ1) is 12.2. The van der Waals surface area contributed by atoms with Crippen LogP contribution in [-0.2, 0) is 6.61 Å². The lowest BCUT2D eigenvalue weighted by molar-refractivity contribution is 0.0736. The fourth-order valence-electron chi connectivity index (χ4n) is 2.19. The van der Waals surface area contributed by atoms with Crippen molar-refractivity contribution in [2.24, 2.45) is 0 Å². The summed E-state index contributed by atoms with van der Waals surface area (Å²) in [4.78, 5) is 17.7. The third kappa shape index (κ3) is 4.36. The van der Waals surface area contributed by atoms with Gasteiger partial charge in [0.1, 0.15) is 23.9 Å². The lowest BCUT2D eigenvalue weighted by Gasteiger charge is -2.08. The van der Waals surface area contributed by atoms with E-state index in [-0.39, 0.29) is 0 Å². The molecule has 3 rings (SSSR count). The van der Waals surface area contributed by atoms with Crippen molar-refractivity contribution in [2.45, 2.75) is 13.5 Å². The Labute approximate surface area is 149 Å². The van der Waals surface area contributed by atoms with Gasteiger partial charge < -0.3 is 14.2 Å². The van der Waals surface area contributed by atoms with Gasteiger partial charge in [0.15, 0.2) is 4.88 Å². The number of methoxy groups -OCH3 is 1. The van der Waals surface area contributed by atoms with E-state index in [9.17, 15) is 4.79 Å². The van der Waals surface area contributed by atoms with E-state index in [0.29, 0.717) is 28.7 Å². The van der Waals surface area contributed by atoms with Crippen molar-refractivity contribution in [3.8, 4) is 17.2 Å². The zero-order valence-corrected chi connectivity index (χ0v) is 14.7. The van der Waals surface area contributed by atoms with Gasteiger partial charge in [-0.2, -0.15) is 0 Å². The Kier molecular flexibility index (Phi) is 5.30. The van der Waals surface area contributed by atoms with E-state index >= 15 is 0 Å². The summed E-state index contributed by atoms with van der Waals surface area (Å²) in [6, 6.07) is 12.5. The number of aryl methyl sites for hydroxylation is 1. The quantitative estimate of drug-likeness (QED) is 0.488. The van der Waals surface area contributed by atoms with E-state index in [4.69, 9.17) is 14.2 Å². The molecule has 128 valence electrons. The summed E-state index contributed by atoms with van der Waals surface area (Å²) in [6.45, 7) is 2.37. The molecule has 0 aliphatic rings. The summed E-state index contributed by atoms with van der Waals surface area (Å²) in [7, 11) is 1.53. The minimum Gasteiger partial charge on any atom is -0.495 e. The number of carbonyl (C=O) groups excluding carboxylic acids is 1. The lowest BCUT2D eigenvalue weighted by Crippen LogP contribution is -2.07. The summed E-state index contributed by atoms with van der Waals surface area (Å²) in [5.41, 5.74) is 1.03. The van der Waals surface area contributed by atoms with Crippen molar-refractivity contribution < 1.29 is 19.0 Å². The second-order valence-electron chi connectivity index (χ2n) is 5.26. The van der Waals surface area contributed by atoms with Crippen LogP contribution in [0.15, 0.2) is 54.9 Å². The second kappa shape index (κ2) is 7.81. The molecule has 0 unspecified atom stereocenters. The third-order valence-corrected chi connectivity index (χ3v) is 4.43. The van der Waals surface area contributed by atoms with E-state index in [1.54, 1.807) is 36.7 Å². The Bertz CT molecular complexity index is 844. The average Bonchev–Trinajstić information content (AvgIpc) is 3.03. The van der Waals surface area contributed by atoms with Gasteiger partial charge in [0, 0.05) is 17.3 Å². The summed E-state index contributed by atoms with van der Waals surface area (Å²) in [5, 5.41) is 0. The molecule has 0 N–H and O–H groups in total. The van der Waals surface area contributed by atoms with Gasteiger partial charge in [-0.25, -0.2) is 4.79 Å². The first kappa shape index (κ1) is 17.0. The lowest BCUT2D eigenvalue weighted by atomic mass is 10.3. The summed E-state index contributed by atoms with van der Waals surface area (Å²) in [6.07, 6.45) is 3.45. The smallest absolute Gasteiger partial charge is 0.357 e. The predicted molar refractivity (Wildman–Crippen MR) is 95.6 cm³/mol. The summed E-state index contributed by atoms with van der Waals surface area (Å²) >= 11 is 1.35. The highest BCUT2D eigenvalue weighted by Gasteiger charge is 2.18. The first-order valence-electron chi connectivity index (χ1n) is 7.64. The number of carbonyl (C=O) groups is 1. The van der Waals surface area contributed by atoms with Crippen molar-refractivity contribution in [1.29, 1.82) is 0 Å². The van der Waals surface area contributed by atoms with E-state index in [0.717, 1.165) is 10.4 Å². The summed E-state index contributed by atoms with van der Waals surface area (Å²) in [5.74, 6) is 1.25. The van der Waals surface area contributed by atoms with Crippen molar-refractivity contribution in [1.82, 2.24) is 4.98 Å². The Balaban J connectivity index is 1.61. The maximum absolute atomic E-state index is 12.3. The number of aromatic nitrogens is 1. The number of thiophene rings is 1. The number of nitrogens with zero attached hydrogens (tertiary/aromatic N) is 1. The normalized spacial score (nSPS) is 10.3. The van der Waals surface area contributed by atoms with Gasteiger partial charge >= 0.3 is 5.97 Å². The molecule has 0 bridgehead atoms. The maximum atomic E-state index is 12.3. The number of ether oxygens (including phenoxy) is 3. The van der Waals surface area contributed by atoms with Crippen LogP contribution in [0.1, 0.15) is 20.1 Å². The third-order valence-electron chi connectivity index (χ3n) is 3.42. The highest BCUT2D eigenvalue weighted by Crippen LogP contribution is 2.30. The molecule has 5 nitrogen and oxygen atoms in total. The molecule has 1 aromatic carbocycles. The van der Waals surface area contributed by atoms with Crippen LogP contribution >= 0.6 is 11.3 Å². The predicted octanol–water partition coefficient (Wildman–Crippen LogP) is 4.26. The van der Waals surface area contributed by atoms with Crippen LogP contribution < -0.4 is 14.2 Å². The van der Waals surface area contributed by atoms with E-state index < -0.39 is 5.97 Å². The van der Waals surface area contributed by atoms with Crippen LogP contribution in [0, 0.1) is 6.92 Å². The number of esters is 1. The average molecular weight is 355 g/mol. The Morgan fingerprint density at radius 3 is 2.44 bits per heavy atom. The van der Waals surface area contributed by atoms with E-state index in [1.807, 2.05) is 25.1 Å².